The second-order valence-corrected chi connectivity index (χ2v) is 5.92. The lowest BCUT2D eigenvalue weighted by Crippen LogP contribution is -2.52. The van der Waals surface area contributed by atoms with Crippen molar-refractivity contribution in [1.82, 2.24) is 9.80 Å². The molecular weight excluding hydrogens is 323 g/mol. The van der Waals surface area contributed by atoms with Crippen LogP contribution in [0.3, 0.4) is 0 Å². The maximum Gasteiger partial charge on any atom is 0.325 e. The number of piperazine rings is 1. The van der Waals surface area contributed by atoms with Gasteiger partial charge in [0.05, 0.1) is 0 Å². The molecular formula is C16H24Cl2N2O2. The van der Waals surface area contributed by atoms with Gasteiger partial charge >= 0.3 is 5.97 Å². The van der Waals surface area contributed by atoms with Crippen molar-refractivity contribution in [1.29, 1.82) is 0 Å². The molecule has 2 saturated heterocycles. The number of carboxylic acids is 1. The molecule has 1 aromatic rings. The lowest BCUT2D eigenvalue weighted by Gasteiger charge is -2.40. The van der Waals surface area contributed by atoms with Crippen molar-refractivity contribution in [3.63, 3.8) is 0 Å². The molecule has 0 bridgehead atoms. The van der Waals surface area contributed by atoms with E-state index < -0.39 is 12.0 Å². The van der Waals surface area contributed by atoms with E-state index in [4.69, 9.17) is 0 Å². The molecule has 4 nitrogen and oxygen atoms in total. The van der Waals surface area contributed by atoms with E-state index in [1.807, 2.05) is 31.2 Å². The molecule has 2 unspecified atom stereocenters. The van der Waals surface area contributed by atoms with E-state index in [0.29, 0.717) is 6.04 Å². The largest absolute Gasteiger partial charge is 0.480 e. The second kappa shape index (κ2) is 8.16. The molecule has 2 aliphatic rings. The number of carbonyl (C=O) groups is 1. The van der Waals surface area contributed by atoms with Crippen LogP contribution >= 0.6 is 24.8 Å². The Morgan fingerprint density at radius 2 is 1.95 bits per heavy atom. The van der Waals surface area contributed by atoms with Crippen LogP contribution in [-0.4, -0.2) is 53.1 Å². The first-order valence-electron chi connectivity index (χ1n) is 7.43. The summed E-state index contributed by atoms with van der Waals surface area (Å²) in [6, 6.07) is 7.90. The Balaban J connectivity index is 0.00000121. The van der Waals surface area contributed by atoms with Gasteiger partial charge in [-0.05, 0) is 37.4 Å². The summed E-state index contributed by atoms with van der Waals surface area (Å²) in [5, 5.41) is 9.69. The summed E-state index contributed by atoms with van der Waals surface area (Å²) in [5.74, 6) is -0.731. The summed E-state index contributed by atoms with van der Waals surface area (Å²) in [6.45, 7) is 5.91. The Bertz CT molecular complexity index is 513. The van der Waals surface area contributed by atoms with Crippen molar-refractivity contribution in [2.75, 3.05) is 26.2 Å². The summed E-state index contributed by atoms with van der Waals surface area (Å²) in [7, 11) is 0. The molecule has 0 radical (unpaired) electrons. The van der Waals surface area contributed by atoms with Gasteiger partial charge < -0.3 is 5.11 Å². The van der Waals surface area contributed by atoms with Crippen molar-refractivity contribution >= 4 is 30.8 Å². The minimum atomic E-state index is -0.731. The van der Waals surface area contributed by atoms with Gasteiger partial charge in [-0.2, -0.15) is 0 Å². The van der Waals surface area contributed by atoms with Gasteiger partial charge in [0.2, 0.25) is 0 Å². The minimum absolute atomic E-state index is 0. The summed E-state index contributed by atoms with van der Waals surface area (Å²) < 4.78 is 0. The van der Waals surface area contributed by atoms with Crippen LogP contribution in [0.4, 0.5) is 0 Å². The second-order valence-electron chi connectivity index (χ2n) is 5.92. The van der Waals surface area contributed by atoms with Gasteiger partial charge in [0.25, 0.3) is 0 Å². The van der Waals surface area contributed by atoms with Gasteiger partial charge in [-0.25, -0.2) is 0 Å². The fourth-order valence-corrected chi connectivity index (χ4v) is 3.63. The summed E-state index contributed by atoms with van der Waals surface area (Å²) in [4.78, 5) is 16.4. The predicted molar refractivity (Wildman–Crippen MR) is 92.2 cm³/mol. The van der Waals surface area contributed by atoms with Gasteiger partial charge in [-0.15, -0.1) is 24.8 Å². The number of fused-ring (bicyclic) bond motifs is 1. The van der Waals surface area contributed by atoms with Crippen LogP contribution in [0.25, 0.3) is 0 Å². The standard InChI is InChI=1S/C16H22N2O2.2ClH/c1-12-5-2-3-7-14(12)15(16(19)20)18-10-9-17-8-4-6-13(17)11-18;;/h2-3,5,7,13,15H,4,6,8-11H2,1H3,(H,19,20);2*1H. The quantitative estimate of drug-likeness (QED) is 0.913. The molecule has 124 valence electrons. The van der Waals surface area contributed by atoms with Gasteiger partial charge in [0.1, 0.15) is 6.04 Å². The lowest BCUT2D eigenvalue weighted by molar-refractivity contribution is -0.144. The first-order chi connectivity index (χ1) is 9.66. The summed E-state index contributed by atoms with van der Waals surface area (Å²) >= 11 is 0. The van der Waals surface area contributed by atoms with Crippen molar-refractivity contribution in [3.05, 3.63) is 35.4 Å². The highest BCUT2D eigenvalue weighted by molar-refractivity contribution is 5.85. The van der Waals surface area contributed by atoms with Crippen molar-refractivity contribution in [2.45, 2.75) is 31.8 Å². The maximum absolute atomic E-state index is 11.8. The lowest BCUT2D eigenvalue weighted by atomic mass is 9.98. The number of rotatable bonds is 3. The molecule has 0 saturated carbocycles. The van der Waals surface area contributed by atoms with E-state index in [1.165, 1.54) is 19.4 Å². The zero-order chi connectivity index (χ0) is 14.1. The molecule has 2 atom stereocenters. The fourth-order valence-electron chi connectivity index (χ4n) is 3.63. The van der Waals surface area contributed by atoms with E-state index in [2.05, 4.69) is 9.80 Å². The number of nitrogens with zero attached hydrogens (tertiary/aromatic N) is 2. The Morgan fingerprint density at radius 1 is 1.23 bits per heavy atom. The SMILES string of the molecule is Cc1ccccc1C(C(=O)O)N1CCN2CCCC2C1.Cl.Cl. The fraction of sp³-hybridized carbons (Fsp3) is 0.562. The molecule has 0 aromatic heterocycles. The molecule has 2 fully saturated rings. The number of hydrogen-bond donors (Lipinski definition) is 1. The molecule has 2 aliphatic heterocycles. The number of aryl methyl sites for hydroxylation is 1. The third-order valence-corrected chi connectivity index (χ3v) is 4.70. The van der Waals surface area contributed by atoms with Gasteiger partial charge in [0.15, 0.2) is 0 Å². The molecule has 0 spiro atoms. The molecule has 1 aromatic carbocycles. The first kappa shape index (κ1) is 19.2. The Morgan fingerprint density at radius 3 is 2.64 bits per heavy atom. The smallest absolute Gasteiger partial charge is 0.325 e. The Hall–Kier alpha value is -0.810. The third kappa shape index (κ3) is 3.74. The van der Waals surface area contributed by atoms with E-state index in [0.717, 1.165) is 30.8 Å². The van der Waals surface area contributed by atoms with E-state index in [9.17, 15) is 9.90 Å². The van der Waals surface area contributed by atoms with Gasteiger partial charge in [0, 0.05) is 25.7 Å². The number of aliphatic carboxylic acids is 1. The summed E-state index contributed by atoms with van der Waals surface area (Å²) in [6.07, 6.45) is 2.46. The highest BCUT2D eigenvalue weighted by Crippen LogP contribution is 2.29. The predicted octanol–water partition coefficient (Wildman–Crippen LogP) is 2.74. The van der Waals surface area contributed by atoms with E-state index in [1.54, 1.807) is 0 Å². The Labute approximate surface area is 144 Å². The normalized spacial score (nSPS) is 23.0. The molecule has 22 heavy (non-hydrogen) atoms. The molecule has 0 amide bonds. The average Bonchev–Trinajstić information content (AvgIpc) is 2.88. The van der Waals surface area contributed by atoms with Crippen LogP contribution in [0.2, 0.25) is 0 Å². The van der Waals surface area contributed by atoms with Crippen LogP contribution in [0.5, 0.6) is 0 Å². The van der Waals surface area contributed by atoms with Crippen LogP contribution in [-0.2, 0) is 4.79 Å². The maximum atomic E-state index is 11.8. The third-order valence-electron chi connectivity index (χ3n) is 4.70. The first-order valence-corrected chi connectivity index (χ1v) is 7.43. The minimum Gasteiger partial charge on any atom is -0.480 e. The zero-order valence-corrected chi connectivity index (χ0v) is 14.4. The van der Waals surface area contributed by atoms with Crippen LogP contribution in [0.1, 0.15) is 30.0 Å². The van der Waals surface area contributed by atoms with E-state index >= 15 is 0 Å². The van der Waals surface area contributed by atoms with E-state index in [-0.39, 0.29) is 24.8 Å². The van der Waals surface area contributed by atoms with Gasteiger partial charge in [-0.3, -0.25) is 14.6 Å². The number of hydrogen-bond acceptors (Lipinski definition) is 3. The highest BCUT2D eigenvalue weighted by atomic mass is 35.5. The van der Waals surface area contributed by atoms with Crippen molar-refractivity contribution in [3.8, 4) is 0 Å². The zero-order valence-electron chi connectivity index (χ0n) is 12.8. The van der Waals surface area contributed by atoms with Crippen LogP contribution in [0.15, 0.2) is 24.3 Å². The van der Waals surface area contributed by atoms with Crippen molar-refractivity contribution < 1.29 is 9.90 Å². The molecule has 6 heteroatoms. The average molecular weight is 347 g/mol. The number of benzene rings is 1. The Kier molecular flexibility index (Phi) is 7.13. The summed E-state index contributed by atoms with van der Waals surface area (Å²) in [5.41, 5.74) is 2.00. The van der Waals surface area contributed by atoms with Crippen LogP contribution < -0.4 is 0 Å². The molecule has 1 N–H and O–H groups in total. The number of halogens is 2. The molecule has 2 heterocycles. The number of carboxylic acid groups (broad SMARTS) is 1. The molecule has 3 rings (SSSR count). The monoisotopic (exact) mass is 346 g/mol. The van der Waals surface area contributed by atoms with Gasteiger partial charge in [-0.1, -0.05) is 24.3 Å². The topological polar surface area (TPSA) is 43.8 Å². The van der Waals surface area contributed by atoms with Crippen molar-refractivity contribution in [2.24, 2.45) is 0 Å². The van der Waals surface area contributed by atoms with Crippen LogP contribution in [0, 0.1) is 6.92 Å². The molecule has 0 aliphatic carbocycles. The highest BCUT2D eigenvalue weighted by Gasteiger charge is 2.36.